The number of halogens is 1. The number of hydrogen-bond donors (Lipinski definition) is 0. The van der Waals surface area contributed by atoms with Crippen molar-refractivity contribution in [2.24, 2.45) is 0 Å². The topological polar surface area (TPSA) is 29.5 Å². The molecule has 0 heterocycles. The smallest absolute Gasteiger partial charge is 0.167 e. The Hall–Kier alpha value is -1.06. The molecule has 0 bridgehead atoms. The van der Waals surface area contributed by atoms with Crippen molar-refractivity contribution in [3.05, 3.63) is 28.8 Å². The SMILES string of the molecule is CCCOc1ccc(Cl)cc1C(=O)CCN(CC)CC. The molecular formula is C16H24ClNO2. The first-order chi connectivity index (χ1) is 9.62. The number of carbonyl (C=O) groups is 1. The highest BCUT2D eigenvalue weighted by Crippen LogP contribution is 2.24. The Balaban J connectivity index is 2.76. The van der Waals surface area contributed by atoms with Gasteiger partial charge >= 0.3 is 0 Å². The molecule has 112 valence electrons. The molecular weight excluding hydrogens is 274 g/mol. The van der Waals surface area contributed by atoms with Crippen LogP contribution in [0.15, 0.2) is 18.2 Å². The van der Waals surface area contributed by atoms with Gasteiger partial charge in [-0.05, 0) is 37.7 Å². The van der Waals surface area contributed by atoms with Crippen LogP contribution in [0.4, 0.5) is 0 Å². The zero-order valence-corrected chi connectivity index (χ0v) is 13.4. The summed E-state index contributed by atoms with van der Waals surface area (Å²) in [5, 5.41) is 0.569. The van der Waals surface area contributed by atoms with Gasteiger partial charge in [0, 0.05) is 18.0 Å². The van der Waals surface area contributed by atoms with E-state index < -0.39 is 0 Å². The zero-order valence-electron chi connectivity index (χ0n) is 12.6. The Labute approximate surface area is 126 Å². The van der Waals surface area contributed by atoms with Gasteiger partial charge in [-0.2, -0.15) is 0 Å². The molecule has 0 aliphatic heterocycles. The largest absolute Gasteiger partial charge is 0.493 e. The van der Waals surface area contributed by atoms with Crippen molar-refractivity contribution in [3.8, 4) is 5.75 Å². The van der Waals surface area contributed by atoms with E-state index in [-0.39, 0.29) is 5.78 Å². The lowest BCUT2D eigenvalue weighted by molar-refractivity contribution is 0.0962. The molecule has 1 aromatic rings. The fraction of sp³-hybridized carbons (Fsp3) is 0.562. The molecule has 1 aromatic carbocycles. The minimum atomic E-state index is 0.0884. The van der Waals surface area contributed by atoms with Gasteiger partial charge < -0.3 is 9.64 Å². The number of nitrogens with zero attached hydrogens (tertiary/aromatic N) is 1. The molecule has 3 nitrogen and oxygen atoms in total. The van der Waals surface area contributed by atoms with E-state index in [1.54, 1.807) is 18.2 Å². The predicted molar refractivity (Wildman–Crippen MR) is 84.0 cm³/mol. The number of hydrogen-bond acceptors (Lipinski definition) is 3. The Morgan fingerprint density at radius 2 is 1.95 bits per heavy atom. The van der Waals surface area contributed by atoms with Crippen molar-refractivity contribution >= 4 is 17.4 Å². The van der Waals surface area contributed by atoms with E-state index in [0.717, 1.165) is 26.1 Å². The first kappa shape index (κ1) is 17.0. The molecule has 0 unspecified atom stereocenters. The molecule has 0 saturated carbocycles. The van der Waals surface area contributed by atoms with Crippen LogP contribution in [-0.4, -0.2) is 36.9 Å². The predicted octanol–water partition coefficient (Wildman–Crippen LogP) is 4.04. The lowest BCUT2D eigenvalue weighted by atomic mass is 10.1. The van der Waals surface area contributed by atoms with Crippen molar-refractivity contribution in [3.63, 3.8) is 0 Å². The molecule has 0 aliphatic carbocycles. The molecule has 0 fully saturated rings. The van der Waals surface area contributed by atoms with Crippen molar-refractivity contribution in [1.82, 2.24) is 4.90 Å². The molecule has 0 amide bonds. The van der Waals surface area contributed by atoms with Crippen LogP contribution >= 0.6 is 11.6 Å². The summed E-state index contributed by atoms with van der Waals surface area (Å²) < 4.78 is 5.63. The summed E-state index contributed by atoms with van der Waals surface area (Å²) in [7, 11) is 0. The molecule has 0 saturated heterocycles. The number of rotatable bonds is 9. The molecule has 4 heteroatoms. The summed E-state index contributed by atoms with van der Waals surface area (Å²) in [6.45, 7) is 9.53. The lowest BCUT2D eigenvalue weighted by Crippen LogP contribution is -2.25. The van der Waals surface area contributed by atoms with Gasteiger partial charge in [-0.15, -0.1) is 0 Å². The maximum Gasteiger partial charge on any atom is 0.167 e. The Bertz CT molecular complexity index is 430. The summed E-state index contributed by atoms with van der Waals surface area (Å²) >= 11 is 5.99. The van der Waals surface area contributed by atoms with Gasteiger partial charge in [0.05, 0.1) is 12.2 Å². The summed E-state index contributed by atoms with van der Waals surface area (Å²) in [5.41, 5.74) is 0.595. The second-order valence-electron chi connectivity index (χ2n) is 4.69. The Morgan fingerprint density at radius 3 is 2.55 bits per heavy atom. The monoisotopic (exact) mass is 297 g/mol. The highest BCUT2D eigenvalue weighted by atomic mass is 35.5. The molecule has 20 heavy (non-hydrogen) atoms. The van der Waals surface area contributed by atoms with E-state index in [1.807, 2.05) is 6.92 Å². The van der Waals surface area contributed by atoms with Gasteiger partial charge in [0.2, 0.25) is 0 Å². The van der Waals surface area contributed by atoms with E-state index in [2.05, 4.69) is 18.7 Å². The Kier molecular flexibility index (Phi) is 7.63. The first-order valence-electron chi connectivity index (χ1n) is 7.30. The molecule has 1 rings (SSSR count). The molecule has 0 spiro atoms. The minimum absolute atomic E-state index is 0.0884. The number of ether oxygens (including phenoxy) is 1. The summed E-state index contributed by atoms with van der Waals surface area (Å²) in [6.07, 6.45) is 1.40. The maximum absolute atomic E-state index is 12.4. The highest BCUT2D eigenvalue weighted by molar-refractivity contribution is 6.31. The van der Waals surface area contributed by atoms with Crippen molar-refractivity contribution < 1.29 is 9.53 Å². The zero-order chi connectivity index (χ0) is 15.0. The van der Waals surface area contributed by atoms with Crippen LogP contribution < -0.4 is 4.74 Å². The molecule has 0 N–H and O–H groups in total. The molecule has 0 aliphatic rings. The third-order valence-electron chi connectivity index (χ3n) is 3.25. The number of ketones is 1. The molecule has 0 aromatic heterocycles. The fourth-order valence-electron chi connectivity index (χ4n) is 1.99. The van der Waals surface area contributed by atoms with Crippen LogP contribution in [0, 0.1) is 0 Å². The van der Waals surface area contributed by atoms with Crippen LogP contribution in [0.2, 0.25) is 5.02 Å². The van der Waals surface area contributed by atoms with Crippen LogP contribution in [0.25, 0.3) is 0 Å². The molecule has 0 radical (unpaired) electrons. The number of carbonyl (C=O) groups excluding carboxylic acids is 1. The van der Waals surface area contributed by atoms with Crippen LogP contribution in [0.1, 0.15) is 44.0 Å². The number of Topliss-reactive ketones (excluding diaryl/α,β-unsaturated/α-hetero) is 1. The van der Waals surface area contributed by atoms with Crippen molar-refractivity contribution in [2.45, 2.75) is 33.6 Å². The minimum Gasteiger partial charge on any atom is -0.493 e. The number of benzene rings is 1. The third-order valence-corrected chi connectivity index (χ3v) is 3.49. The van der Waals surface area contributed by atoms with Gasteiger partial charge in [0.1, 0.15) is 5.75 Å². The average Bonchev–Trinajstić information content (AvgIpc) is 2.46. The van der Waals surface area contributed by atoms with E-state index in [0.29, 0.717) is 29.4 Å². The van der Waals surface area contributed by atoms with Gasteiger partial charge in [-0.25, -0.2) is 0 Å². The third kappa shape index (κ3) is 5.14. The maximum atomic E-state index is 12.4. The standard InChI is InChI=1S/C16H24ClNO2/c1-4-11-20-16-8-7-13(17)12-14(16)15(19)9-10-18(5-2)6-3/h7-8,12H,4-6,9-11H2,1-3H3. The quantitative estimate of drug-likeness (QED) is 0.644. The van der Waals surface area contributed by atoms with Gasteiger partial charge in [-0.3, -0.25) is 4.79 Å². The summed E-state index contributed by atoms with van der Waals surface area (Å²) in [6, 6.07) is 5.24. The van der Waals surface area contributed by atoms with Crippen LogP contribution in [-0.2, 0) is 0 Å². The first-order valence-corrected chi connectivity index (χ1v) is 7.68. The summed E-state index contributed by atoms with van der Waals surface area (Å²) in [4.78, 5) is 14.6. The van der Waals surface area contributed by atoms with Crippen LogP contribution in [0.5, 0.6) is 5.75 Å². The Morgan fingerprint density at radius 1 is 1.25 bits per heavy atom. The normalized spacial score (nSPS) is 10.8. The second-order valence-corrected chi connectivity index (χ2v) is 5.13. The van der Waals surface area contributed by atoms with E-state index in [4.69, 9.17) is 16.3 Å². The lowest BCUT2D eigenvalue weighted by Gasteiger charge is -2.17. The highest BCUT2D eigenvalue weighted by Gasteiger charge is 2.14. The van der Waals surface area contributed by atoms with E-state index in [9.17, 15) is 4.79 Å². The van der Waals surface area contributed by atoms with E-state index in [1.165, 1.54) is 0 Å². The summed E-state index contributed by atoms with van der Waals surface area (Å²) in [5.74, 6) is 0.728. The van der Waals surface area contributed by atoms with Gasteiger partial charge in [0.25, 0.3) is 0 Å². The van der Waals surface area contributed by atoms with Crippen molar-refractivity contribution in [1.29, 1.82) is 0 Å². The average molecular weight is 298 g/mol. The van der Waals surface area contributed by atoms with Gasteiger partial charge in [0.15, 0.2) is 5.78 Å². The molecule has 0 atom stereocenters. The fourth-order valence-corrected chi connectivity index (χ4v) is 2.16. The van der Waals surface area contributed by atoms with Crippen LogP contribution in [0.3, 0.4) is 0 Å². The van der Waals surface area contributed by atoms with Crippen molar-refractivity contribution in [2.75, 3.05) is 26.2 Å². The van der Waals surface area contributed by atoms with Gasteiger partial charge in [-0.1, -0.05) is 32.4 Å². The second kappa shape index (κ2) is 8.98. The van der Waals surface area contributed by atoms with E-state index >= 15 is 0 Å².